The lowest BCUT2D eigenvalue weighted by atomic mass is 9.98. The van der Waals surface area contributed by atoms with E-state index in [0.29, 0.717) is 6.61 Å². The van der Waals surface area contributed by atoms with E-state index in [9.17, 15) is 4.79 Å². The molecule has 30 heavy (non-hydrogen) atoms. The van der Waals surface area contributed by atoms with Crippen molar-refractivity contribution in [3.8, 4) is 23.0 Å². The normalized spacial score (nSPS) is 12.0. The topological polar surface area (TPSA) is 67.0 Å². The minimum atomic E-state index is -0.467. The Morgan fingerprint density at radius 1 is 1.07 bits per heavy atom. The third-order valence-electron chi connectivity index (χ3n) is 5.30. The SMILES string of the molecule is O=C(NCC#Cc1cnc2[nH]ccc2c1)OCC1c2ccccc2-c2ccccc21. The number of rotatable bonds is 3. The van der Waals surface area contributed by atoms with Crippen molar-refractivity contribution in [2.75, 3.05) is 13.2 Å². The maximum Gasteiger partial charge on any atom is 0.407 e. The highest BCUT2D eigenvalue weighted by atomic mass is 16.5. The van der Waals surface area contributed by atoms with Crippen LogP contribution in [0.25, 0.3) is 22.2 Å². The second-order valence-electron chi connectivity index (χ2n) is 7.12. The number of alkyl carbamates (subject to hydrolysis) is 1. The van der Waals surface area contributed by atoms with Crippen LogP contribution in [-0.2, 0) is 4.74 Å². The standard InChI is InChI=1S/C25H19N3O2/c29-25(27-12-5-6-17-14-18-11-13-26-24(18)28-15-17)30-16-23-21-9-3-1-7-19(21)20-8-2-4-10-22(20)23/h1-4,7-11,13-15,23H,12,16H2,(H,26,28)(H,27,29). The first kappa shape index (κ1) is 18.0. The van der Waals surface area contributed by atoms with Crippen molar-refractivity contribution in [2.24, 2.45) is 0 Å². The molecule has 0 aliphatic heterocycles. The second-order valence-corrected chi connectivity index (χ2v) is 7.12. The smallest absolute Gasteiger partial charge is 0.407 e. The summed E-state index contributed by atoms with van der Waals surface area (Å²) in [4.78, 5) is 19.5. The van der Waals surface area contributed by atoms with Gasteiger partial charge in [0.25, 0.3) is 0 Å². The summed E-state index contributed by atoms with van der Waals surface area (Å²) in [6.07, 6.45) is 3.08. The molecule has 1 amide bonds. The highest BCUT2D eigenvalue weighted by Gasteiger charge is 2.28. The molecule has 0 saturated carbocycles. The van der Waals surface area contributed by atoms with Crippen LogP contribution < -0.4 is 5.32 Å². The summed E-state index contributed by atoms with van der Waals surface area (Å²) in [5, 5.41) is 3.70. The minimum Gasteiger partial charge on any atom is -0.449 e. The molecule has 5 nitrogen and oxygen atoms in total. The summed E-state index contributed by atoms with van der Waals surface area (Å²) in [6.45, 7) is 0.503. The van der Waals surface area contributed by atoms with Gasteiger partial charge in [-0.3, -0.25) is 0 Å². The molecule has 0 unspecified atom stereocenters. The van der Waals surface area contributed by atoms with Crippen molar-refractivity contribution in [1.29, 1.82) is 0 Å². The van der Waals surface area contributed by atoms with Gasteiger partial charge in [-0.2, -0.15) is 0 Å². The predicted octanol–water partition coefficient (Wildman–Crippen LogP) is 4.45. The van der Waals surface area contributed by atoms with E-state index in [1.54, 1.807) is 6.20 Å². The molecule has 1 aliphatic rings. The van der Waals surface area contributed by atoms with Crippen LogP contribution in [0.3, 0.4) is 0 Å². The van der Waals surface area contributed by atoms with Gasteiger partial charge >= 0.3 is 6.09 Å². The molecule has 0 fully saturated rings. The Balaban J connectivity index is 1.19. The average molecular weight is 393 g/mol. The zero-order valence-electron chi connectivity index (χ0n) is 16.2. The van der Waals surface area contributed by atoms with E-state index < -0.39 is 6.09 Å². The summed E-state index contributed by atoms with van der Waals surface area (Å²) in [7, 11) is 0. The lowest BCUT2D eigenvalue weighted by Gasteiger charge is -2.14. The number of H-pyrrole nitrogens is 1. The van der Waals surface area contributed by atoms with Gasteiger partial charge < -0.3 is 15.0 Å². The fraction of sp³-hybridized carbons (Fsp3) is 0.120. The van der Waals surface area contributed by atoms with Crippen molar-refractivity contribution in [1.82, 2.24) is 15.3 Å². The molecule has 5 heteroatoms. The minimum absolute atomic E-state index is 0.0494. The molecule has 0 saturated heterocycles. The number of carbonyl (C=O) groups is 1. The first-order valence-corrected chi connectivity index (χ1v) is 9.80. The molecule has 0 spiro atoms. The highest BCUT2D eigenvalue weighted by Crippen LogP contribution is 2.44. The van der Waals surface area contributed by atoms with Gasteiger partial charge in [0.2, 0.25) is 0 Å². The molecule has 0 bridgehead atoms. The number of hydrogen-bond acceptors (Lipinski definition) is 3. The molecular formula is C25H19N3O2. The number of nitrogens with zero attached hydrogens (tertiary/aromatic N) is 1. The molecule has 146 valence electrons. The first-order valence-electron chi connectivity index (χ1n) is 9.80. The van der Waals surface area contributed by atoms with Crippen LogP contribution in [0.15, 0.2) is 73.1 Å². The van der Waals surface area contributed by atoms with Crippen molar-refractivity contribution in [3.05, 3.63) is 89.7 Å². The van der Waals surface area contributed by atoms with E-state index >= 15 is 0 Å². The summed E-state index contributed by atoms with van der Waals surface area (Å²) < 4.78 is 5.50. The Kier molecular flexibility index (Phi) is 4.66. The number of benzene rings is 2. The second kappa shape index (κ2) is 7.76. The van der Waals surface area contributed by atoms with E-state index in [-0.39, 0.29) is 12.5 Å². The number of aromatic nitrogens is 2. The number of ether oxygens (including phenoxy) is 1. The van der Waals surface area contributed by atoms with Gasteiger partial charge in [-0.05, 0) is 34.4 Å². The van der Waals surface area contributed by atoms with Crippen LogP contribution >= 0.6 is 0 Å². The largest absolute Gasteiger partial charge is 0.449 e. The molecule has 2 heterocycles. The predicted molar refractivity (Wildman–Crippen MR) is 116 cm³/mol. The number of carbonyl (C=O) groups excluding carboxylic acids is 1. The fourth-order valence-corrected chi connectivity index (χ4v) is 3.92. The lowest BCUT2D eigenvalue weighted by Crippen LogP contribution is -2.26. The third-order valence-corrected chi connectivity index (χ3v) is 5.30. The Labute approximate surface area is 174 Å². The number of hydrogen-bond donors (Lipinski definition) is 2. The van der Waals surface area contributed by atoms with Gasteiger partial charge in [-0.15, -0.1) is 0 Å². The Bertz CT molecular complexity index is 1250. The van der Waals surface area contributed by atoms with Crippen molar-refractivity contribution in [2.45, 2.75) is 5.92 Å². The first-order chi connectivity index (χ1) is 14.8. The van der Waals surface area contributed by atoms with E-state index in [2.05, 4.69) is 51.4 Å². The monoisotopic (exact) mass is 393 g/mol. The fourth-order valence-electron chi connectivity index (χ4n) is 3.92. The van der Waals surface area contributed by atoms with E-state index in [0.717, 1.165) is 16.6 Å². The third kappa shape index (κ3) is 3.40. The van der Waals surface area contributed by atoms with Gasteiger partial charge in [0.15, 0.2) is 0 Å². The van der Waals surface area contributed by atoms with Crippen molar-refractivity contribution >= 4 is 17.1 Å². The number of nitrogens with one attached hydrogen (secondary N) is 2. The van der Waals surface area contributed by atoms with Crippen LogP contribution in [-0.4, -0.2) is 29.2 Å². The molecule has 0 atom stereocenters. The van der Waals surface area contributed by atoms with Gasteiger partial charge in [0.05, 0.1) is 6.54 Å². The van der Waals surface area contributed by atoms with Gasteiger partial charge in [-0.25, -0.2) is 9.78 Å². The molecule has 0 radical (unpaired) electrons. The van der Waals surface area contributed by atoms with E-state index in [4.69, 9.17) is 4.74 Å². The maximum absolute atomic E-state index is 12.2. The summed E-state index contributed by atoms with van der Waals surface area (Å²) >= 11 is 0. The van der Waals surface area contributed by atoms with Crippen molar-refractivity contribution < 1.29 is 9.53 Å². The van der Waals surface area contributed by atoms with E-state index in [1.165, 1.54) is 22.3 Å². The highest BCUT2D eigenvalue weighted by molar-refractivity contribution is 5.79. The van der Waals surface area contributed by atoms with Gasteiger partial charge in [0, 0.05) is 29.3 Å². The van der Waals surface area contributed by atoms with Crippen LogP contribution in [0.4, 0.5) is 4.79 Å². The van der Waals surface area contributed by atoms with Crippen LogP contribution in [0.1, 0.15) is 22.6 Å². The summed E-state index contributed by atoms with van der Waals surface area (Å²) in [5.74, 6) is 5.99. The van der Waals surface area contributed by atoms with E-state index in [1.807, 2.05) is 42.6 Å². The number of amides is 1. The van der Waals surface area contributed by atoms with Gasteiger partial charge in [0.1, 0.15) is 12.3 Å². The molecule has 4 aromatic rings. The lowest BCUT2D eigenvalue weighted by molar-refractivity contribution is 0.144. The molecule has 2 aromatic carbocycles. The molecule has 1 aliphatic carbocycles. The Morgan fingerprint density at radius 2 is 1.80 bits per heavy atom. The average Bonchev–Trinajstić information content (AvgIpc) is 3.37. The zero-order valence-corrected chi connectivity index (χ0v) is 16.2. The van der Waals surface area contributed by atoms with Crippen LogP contribution in [0.5, 0.6) is 0 Å². The van der Waals surface area contributed by atoms with Gasteiger partial charge in [-0.1, -0.05) is 60.4 Å². The molecule has 2 aromatic heterocycles. The summed E-state index contributed by atoms with van der Waals surface area (Å²) in [6, 6.07) is 20.4. The van der Waals surface area contributed by atoms with Crippen LogP contribution in [0, 0.1) is 11.8 Å². The number of fused-ring (bicyclic) bond motifs is 4. The number of pyridine rings is 1. The molecule has 5 rings (SSSR count). The quantitative estimate of drug-likeness (QED) is 0.505. The van der Waals surface area contributed by atoms with Crippen LogP contribution in [0.2, 0.25) is 0 Å². The van der Waals surface area contributed by atoms with Crippen molar-refractivity contribution in [3.63, 3.8) is 0 Å². The molecular weight excluding hydrogens is 374 g/mol. The summed E-state index contributed by atoms with van der Waals surface area (Å²) in [5.41, 5.74) is 6.44. The number of aromatic amines is 1. The Morgan fingerprint density at radius 3 is 2.57 bits per heavy atom. The maximum atomic E-state index is 12.2. The Hall–Kier alpha value is -4.04. The molecule has 2 N–H and O–H groups in total. The zero-order chi connectivity index (χ0) is 20.3.